The molecule has 2 rings (SSSR count). The van der Waals surface area contributed by atoms with Gasteiger partial charge in [0.25, 0.3) is 0 Å². The van der Waals surface area contributed by atoms with Crippen LogP contribution in [0.2, 0.25) is 5.02 Å². The third kappa shape index (κ3) is 3.51. The van der Waals surface area contributed by atoms with Gasteiger partial charge in [0.15, 0.2) is 0 Å². The predicted octanol–water partition coefficient (Wildman–Crippen LogP) is 2.90. The van der Waals surface area contributed by atoms with Crippen molar-refractivity contribution in [1.82, 2.24) is 5.32 Å². The molecule has 4 heteroatoms. The Kier molecular flexibility index (Phi) is 4.51. The van der Waals surface area contributed by atoms with E-state index in [1.54, 1.807) is 7.11 Å². The molecular formula is C13H19ClN2O. The second kappa shape index (κ2) is 6.12. The molecule has 1 saturated heterocycles. The van der Waals surface area contributed by atoms with Crippen molar-refractivity contribution >= 4 is 17.3 Å². The number of benzene rings is 1. The quantitative estimate of drug-likeness (QED) is 0.848. The number of ether oxygens (including phenoxy) is 1. The van der Waals surface area contributed by atoms with Crippen molar-refractivity contribution < 1.29 is 4.74 Å². The van der Waals surface area contributed by atoms with E-state index < -0.39 is 0 Å². The van der Waals surface area contributed by atoms with E-state index in [9.17, 15) is 0 Å². The van der Waals surface area contributed by atoms with Gasteiger partial charge in [-0.25, -0.2) is 0 Å². The number of methoxy groups -OCH3 is 1. The van der Waals surface area contributed by atoms with Crippen LogP contribution in [0, 0.1) is 0 Å². The molecule has 0 aliphatic carbocycles. The minimum Gasteiger partial charge on any atom is -0.497 e. The van der Waals surface area contributed by atoms with Crippen molar-refractivity contribution in [2.45, 2.75) is 25.3 Å². The lowest BCUT2D eigenvalue weighted by Crippen LogP contribution is -2.24. The molecular weight excluding hydrogens is 236 g/mol. The molecule has 0 spiro atoms. The summed E-state index contributed by atoms with van der Waals surface area (Å²) >= 11 is 6.15. The molecule has 1 fully saturated rings. The molecule has 0 bridgehead atoms. The maximum absolute atomic E-state index is 6.15. The zero-order valence-corrected chi connectivity index (χ0v) is 10.9. The standard InChI is InChI=1S/C13H19ClN2O/c1-17-11-4-5-13(12(14)9-11)16-8-6-10-3-2-7-15-10/h4-5,9-10,15-16H,2-3,6-8H2,1H3. The van der Waals surface area contributed by atoms with Gasteiger partial charge in [-0.05, 0) is 37.9 Å². The van der Waals surface area contributed by atoms with Crippen LogP contribution < -0.4 is 15.4 Å². The number of hydrogen-bond acceptors (Lipinski definition) is 3. The molecule has 0 aromatic heterocycles. The lowest BCUT2D eigenvalue weighted by Gasteiger charge is -2.13. The Labute approximate surface area is 107 Å². The number of anilines is 1. The topological polar surface area (TPSA) is 33.3 Å². The average molecular weight is 255 g/mol. The van der Waals surface area contributed by atoms with Crippen LogP contribution in [-0.2, 0) is 0 Å². The number of rotatable bonds is 5. The first-order valence-electron chi connectivity index (χ1n) is 6.10. The van der Waals surface area contributed by atoms with Crippen LogP contribution in [0.3, 0.4) is 0 Å². The summed E-state index contributed by atoms with van der Waals surface area (Å²) in [5, 5.41) is 7.56. The van der Waals surface area contributed by atoms with Crippen LogP contribution in [0.15, 0.2) is 18.2 Å². The fourth-order valence-electron chi connectivity index (χ4n) is 2.15. The van der Waals surface area contributed by atoms with Gasteiger partial charge >= 0.3 is 0 Å². The molecule has 0 radical (unpaired) electrons. The summed E-state index contributed by atoms with van der Waals surface area (Å²) in [5.41, 5.74) is 0.977. The van der Waals surface area contributed by atoms with Crippen molar-refractivity contribution in [3.05, 3.63) is 23.2 Å². The molecule has 1 heterocycles. The van der Waals surface area contributed by atoms with Gasteiger partial charge in [-0.2, -0.15) is 0 Å². The van der Waals surface area contributed by atoms with Gasteiger partial charge in [0, 0.05) is 18.7 Å². The summed E-state index contributed by atoms with van der Waals surface area (Å²) in [6.45, 7) is 2.11. The zero-order valence-electron chi connectivity index (χ0n) is 10.1. The molecule has 2 N–H and O–H groups in total. The molecule has 3 nitrogen and oxygen atoms in total. The van der Waals surface area contributed by atoms with E-state index in [0.29, 0.717) is 11.1 Å². The Morgan fingerprint density at radius 1 is 1.53 bits per heavy atom. The van der Waals surface area contributed by atoms with Crippen molar-refractivity contribution in [2.24, 2.45) is 0 Å². The summed E-state index contributed by atoms with van der Waals surface area (Å²) in [4.78, 5) is 0. The average Bonchev–Trinajstić information content (AvgIpc) is 2.84. The maximum atomic E-state index is 6.15. The highest BCUT2D eigenvalue weighted by atomic mass is 35.5. The van der Waals surface area contributed by atoms with Gasteiger partial charge in [-0.3, -0.25) is 0 Å². The van der Waals surface area contributed by atoms with E-state index in [4.69, 9.17) is 16.3 Å². The lowest BCUT2D eigenvalue weighted by molar-refractivity contribution is 0.415. The second-order valence-electron chi connectivity index (χ2n) is 4.35. The molecule has 1 aromatic carbocycles. The maximum Gasteiger partial charge on any atom is 0.120 e. The first-order valence-corrected chi connectivity index (χ1v) is 6.48. The van der Waals surface area contributed by atoms with E-state index in [2.05, 4.69) is 10.6 Å². The molecule has 0 saturated carbocycles. The van der Waals surface area contributed by atoms with E-state index in [0.717, 1.165) is 30.9 Å². The van der Waals surface area contributed by atoms with Gasteiger partial charge in [0.1, 0.15) is 5.75 Å². The third-order valence-electron chi connectivity index (χ3n) is 3.15. The smallest absolute Gasteiger partial charge is 0.120 e. The Morgan fingerprint density at radius 3 is 3.06 bits per heavy atom. The minimum atomic E-state index is 0.666. The fraction of sp³-hybridized carbons (Fsp3) is 0.538. The molecule has 1 atom stereocenters. The number of hydrogen-bond donors (Lipinski definition) is 2. The number of halogens is 1. The first kappa shape index (κ1) is 12.5. The molecule has 1 aliphatic heterocycles. The Morgan fingerprint density at radius 2 is 2.41 bits per heavy atom. The van der Waals surface area contributed by atoms with Gasteiger partial charge < -0.3 is 15.4 Å². The molecule has 94 valence electrons. The number of nitrogens with one attached hydrogen (secondary N) is 2. The zero-order chi connectivity index (χ0) is 12.1. The largest absolute Gasteiger partial charge is 0.497 e. The highest BCUT2D eigenvalue weighted by molar-refractivity contribution is 6.33. The van der Waals surface area contributed by atoms with E-state index in [-0.39, 0.29) is 0 Å². The highest BCUT2D eigenvalue weighted by Crippen LogP contribution is 2.26. The Balaban J connectivity index is 1.81. The Bertz CT molecular complexity index is 364. The summed E-state index contributed by atoms with van der Waals surface area (Å²) in [7, 11) is 1.64. The fourth-order valence-corrected chi connectivity index (χ4v) is 2.39. The van der Waals surface area contributed by atoms with E-state index in [1.165, 1.54) is 12.8 Å². The van der Waals surface area contributed by atoms with Gasteiger partial charge in [-0.15, -0.1) is 0 Å². The minimum absolute atomic E-state index is 0.666. The molecule has 0 amide bonds. The molecule has 1 aromatic rings. The summed E-state index contributed by atoms with van der Waals surface area (Å²) < 4.78 is 5.11. The predicted molar refractivity (Wildman–Crippen MR) is 72.1 cm³/mol. The lowest BCUT2D eigenvalue weighted by atomic mass is 10.1. The van der Waals surface area contributed by atoms with Crippen LogP contribution in [0.25, 0.3) is 0 Å². The van der Waals surface area contributed by atoms with Crippen LogP contribution in [-0.4, -0.2) is 26.2 Å². The molecule has 1 aliphatic rings. The highest BCUT2D eigenvalue weighted by Gasteiger charge is 2.13. The monoisotopic (exact) mass is 254 g/mol. The van der Waals surface area contributed by atoms with Crippen molar-refractivity contribution in [3.63, 3.8) is 0 Å². The van der Waals surface area contributed by atoms with Crippen LogP contribution >= 0.6 is 11.6 Å². The summed E-state index contributed by atoms with van der Waals surface area (Å²) in [5.74, 6) is 0.790. The Hall–Kier alpha value is -0.930. The van der Waals surface area contributed by atoms with Crippen molar-refractivity contribution in [3.8, 4) is 5.75 Å². The van der Waals surface area contributed by atoms with Gasteiger partial charge in [0.05, 0.1) is 17.8 Å². The van der Waals surface area contributed by atoms with Crippen LogP contribution in [0.4, 0.5) is 5.69 Å². The van der Waals surface area contributed by atoms with Crippen LogP contribution in [0.1, 0.15) is 19.3 Å². The van der Waals surface area contributed by atoms with Crippen molar-refractivity contribution in [2.75, 3.05) is 25.5 Å². The van der Waals surface area contributed by atoms with Gasteiger partial charge in [0.2, 0.25) is 0 Å². The van der Waals surface area contributed by atoms with Crippen LogP contribution in [0.5, 0.6) is 5.75 Å². The SMILES string of the molecule is COc1ccc(NCCC2CCCN2)c(Cl)c1. The molecule has 1 unspecified atom stereocenters. The normalized spacial score (nSPS) is 19.3. The van der Waals surface area contributed by atoms with Crippen molar-refractivity contribution in [1.29, 1.82) is 0 Å². The third-order valence-corrected chi connectivity index (χ3v) is 3.46. The van der Waals surface area contributed by atoms with Gasteiger partial charge in [-0.1, -0.05) is 11.6 Å². The van der Waals surface area contributed by atoms with E-state index >= 15 is 0 Å². The summed E-state index contributed by atoms with van der Waals surface area (Å²) in [6, 6.07) is 6.38. The van der Waals surface area contributed by atoms with E-state index in [1.807, 2.05) is 18.2 Å². The summed E-state index contributed by atoms with van der Waals surface area (Å²) in [6.07, 6.45) is 3.73. The first-order chi connectivity index (χ1) is 8.29. The molecule has 17 heavy (non-hydrogen) atoms. The second-order valence-corrected chi connectivity index (χ2v) is 4.76.